The standard InChI is InChI=1S/C20H23NO5S/c1-14-9-11-17(12-10-14)27(23,24)21-18(13-16-7-5-4-6-8-16)26-15(2)19(21)20(22)25-3/h4-12,15,18-19H,13H2,1-3H3/t15-,18-,19+/m1/s1. The summed E-state index contributed by atoms with van der Waals surface area (Å²) in [7, 11) is -2.71. The molecule has 7 heteroatoms. The number of aryl methyl sites for hydroxylation is 1. The lowest BCUT2D eigenvalue weighted by Crippen LogP contribution is -2.48. The first kappa shape index (κ1) is 19.5. The number of ether oxygens (including phenoxy) is 2. The van der Waals surface area contributed by atoms with Crippen LogP contribution in [0.25, 0.3) is 0 Å². The Kier molecular flexibility index (Phi) is 5.64. The highest BCUT2D eigenvalue weighted by atomic mass is 32.2. The van der Waals surface area contributed by atoms with Gasteiger partial charge in [0.1, 0.15) is 6.23 Å². The van der Waals surface area contributed by atoms with Crippen LogP contribution in [0.4, 0.5) is 0 Å². The number of benzene rings is 2. The minimum Gasteiger partial charge on any atom is -0.468 e. The number of nitrogens with zero attached hydrogens (tertiary/aromatic N) is 1. The third-order valence-electron chi connectivity index (χ3n) is 4.67. The van der Waals surface area contributed by atoms with Crippen LogP contribution in [-0.4, -0.2) is 44.2 Å². The topological polar surface area (TPSA) is 72.9 Å². The Balaban J connectivity index is 2.03. The van der Waals surface area contributed by atoms with Crippen LogP contribution >= 0.6 is 0 Å². The number of carbonyl (C=O) groups is 1. The molecule has 2 aromatic rings. The smallest absolute Gasteiger partial charge is 0.326 e. The lowest BCUT2D eigenvalue weighted by molar-refractivity contribution is -0.145. The molecule has 0 amide bonds. The summed E-state index contributed by atoms with van der Waals surface area (Å²) in [6, 6.07) is 15.0. The van der Waals surface area contributed by atoms with Crippen molar-refractivity contribution in [3.05, 3.63) is 65.7 Å². The molecule has 0 N–H and O–H groups in total. The van der Waals surface area contributed by atoms with E-state index >= 15 is 0 Å². The highest BCUT2D eigenvalue weighted by Crippen LogP contribution is 2.33. The maximum absolute atomic E-state index is 13.4. The Labute approximate surface area is 159 Å². The molecular weight excluding hydrogens is 366 g/mol. The summed E-state index contributed by atoms with van der Waals surface area (Å²) in [6.45, 7) is 3.57. The zero-order valence-corrected chi connectivity index (χ0v) is 16.3. The van der Waals surface area contributed by atoms with E-state index in [1.54, 1.807) is 31.2 Å². The summed E-state index contributed by atoms with van der Waals surface area (Å²) in [5.74, 6) is -0.631. The van der Waals surface area contributed by atoms with Gasteiger partial charge in [0.15, 0.2) is 6.04 Å². The molecule has 0 unspecified atom stereocenters. The number of hydrogen-bond donors (Lipinski definition) is 0. The van der Waals surface area contributed by atoms with Gasteiger partial charge < -0.3 is 9.47 Å². The monoisotopic (exact) mass is 389 g/mol. The lowest BCUT2D eigenvalue weighted by Gasteiger charge is -2.26. The minimum absolute atomic E-state index is 0.123. The normalized spacial score (nSPS) is 23.3. The summed E-state index contributed by atoms with van der Waals surface area (Å²) in [5, 5.41) is 0. The molecule has 1 saturated heterocycles. The van der Waals surface area contributed by atoms with Crippen molar-refractivity contribution in [3.63, 3.8) is 0 Å². The van der Waals surface area contributed by atoms with Crippen LogP contribution in [0.3, 0.4) is 0 Å². The average Bonchev–Trinajstić information content (AvgIpc) is 2.98. The predicted molar refractivity (Wildman–Crippen MR) is 100 cm³/mol. The summed E-state index contributed by atoms with van der Waals surface area (Å²) < 4.78 is 38.6. The number of rotatable bonds is 5. The molecule has 1 aliphatic rings. The summed E-state index contributed by atoms with van der Waals surface area (Å²) >= 11 is 0. The molecular formula is C20H23NO5S. The van der Waals surface area contributed by atoms with Crippen molar-refractivity contribution in [2.45, 2.75) is 43.5 Å². The molecule has 3 rings (SSSR count). The van der Waals surface area contributed by atoms with Crippen molar-refractivity contribution >= 4 is 16.0 Å². The molecule has 3 atom stereocenters. The maximum atomic E-state index is 13.4. The van der Waals surface area contributed by atoms with Crippen LogP contribution in [0.2, 0.25) is 0 Å². The van der Waals surface area contributed by atoms with Crippen LogP contribution in [0.15, 0.2) is 59.5 Å². The number of esters is 1. The molecule has 0 aromatic heterocycles. The lowest BCUT2D eigenvalue weighted by atomic mass is 10.1. The van der Waals surface area contributed by atoms with Crippen molar-refractivity contribution in [2.75, 3.05) is 7.11 Å². The third kappa shape index (κ3) is 3.90. The van der Waals surface area contributed by atoms with E-state index in [-0.39, 0.29) is 4.90 Å². The van der Waals surface area contributed by atoms with Gasteiger partial charge in [0.25, 0.3) is 0 Å². The molecule has 1 heterocycles. The molecule has 1 fully saturated rings. The Hall–Kier alpha value is -2.22. The Bertz CT molecular complexity index is 896. The predicted octanol–water partition coefficient (Wildman–Crippen LogP) is 2.51. The van der Waals surface area contributed by atoms with Gasteiger partial charge in [0.2, 0.25) is 10.0 Å². The van der Waals surface area contributed by atoms with E-state index in [4.69, 9.17) is 9.47 Å². The molecule has 2 aromatic carbocycles. The van der Waals surface area contributed by atoms with E-state index in [1.165, 1.54) is 7.11 Å². The second kappa shape index (κ2) is 7.80. The highest BCUT2D eigenvalue weighted by molar-refractivity contribution is 7.89. The highest BCUT2D eigenvalue weighted by Gasteiger charge is 2.51. The molecule has 6 nitrogen and oxygen atoms in total. The molecule has 0 aliphatic carbocycles. The van der Waals surface area contributed by atoms with Gasteiger partial charge >= 0.3 is 5.97 Å². The average molecular weight is 389 g/mol. The summed E-state index contributed by atoms with van der Waals surface area (Å²) in [4.78, 5) is 12.5. The van der Waals surface area contributed by atoms with Crippen LogP contribution < -0.4 is 0 Å². The van der Waals surface area contributed by atoms with Gasteiger partial charge in [-0.05, 0) is 31.5 Å². The summed E-state index contributed by atoms with van der Waals surface area (Å²) in [5.41, 5.74) is 1.87. The number of hydrogen-bond acceptors (Lipinski definition) is 5. The zero-order valence-electron chi connectivity index (χ0n) is 15.5. The van der Waals surface area contributed by atoms with Gasteiger partial charge in [-0.15, -0.1) is 0 Å². The first-order valence-corrected chi connectivity index (χ1v) is 10.2. The van der Waals surface area contributed by atoms with Gasteiger partial charge in [-0.1, -0.05) is 48.0 Å². The fourth-order valence-electron chi connectivity index (χ4n) is 3.27. The van der Waals surface area contributed by atoms with Gasteiger partial charge in [0.05, 0.1) is 18.1 Å². The van der Waals surface area contributed by atoms with Gasteiger partial charge in [-0.25, -0.2) is 8.42 Å². The van der Waals surface area contributed by atoms with Crippen LogP contribution in [0, 0.1) is 6.92 Å². The van der Waals surface area contributed by atoms with E-state index in [9.17, 15) is 13.2 Å². The quantitative estimate of drug-likeness (QED) is 0.735. The third-order valence-corrected chi connectivity index (χ3v) is 6.55. The maximum Gasteiger partial charge on any atom is 0.326 e. The Morgan fingerprint density at radius 2 is 1.74 bits per heavy atom. The van der Waals surface area contributed by atoms with Crippen molar-refractivity contribution in [1.82, 2.24) is 4.31 Å². The minimum atomic E-state index is -3.95. The molecule has 0 spiro atoms. The molecule has 1 aliphatic heterocycles. The van der Waals surface area contributed by atoms with Gasteiger partial charge in [-0.3, -0.25) is 4.79 Å². The fraction of sp³-hybridized carbons (Fsp3) is 0.350. The van der Waals surface area contributed by atoms with Gasteiger partial charge in [-0.2, -0.15) is 4.31 Å². The molecule has 0 radical (unpaired) electrons. The SMILES string of the molecule is COC(=O)[C@@H]1[C@@H](C)O[C@H](Cc2ccccc2)N1S(=O)(=O)c1ccc(C)cc1. The van der Waals surface area contributed by atoms with Crippen molar-refractivity contribution in [1.29, 1.82) is 0 Å². The second-order valence-corrected chi connectivity index (χ2v) is 8.44. The number of sulfonamides is 1. The van der Waals surface area contributed by atoms with Crippen molar-refractivity contribution in [2.24, 2.45) is 0 Å². The number of methoxy groups -OCH3 is 1. The second-order valence-electron chi connectivity index (χ2n) is 6.60. The first-order valence-electron chi connectivity index (χ1n) is 8.72. The molecule has 144 valence electrons. The first-order chi connectivity index (χ1) is 12.8. The Morgan fingerprint density at radius 1 is 1.11 bits per heavy atom. The van der Waals surface area contributed by atoms with Crippen LogP contribution in [0.5, 0.6) is 0 Å². The van der Waals surface area contributed by atoms with E-state index in [1.807, 2.05) is 37.3 Å². The Morgan fingerprint density at radius 3 is 2.33 bits per heavy atom. The van der Waals surface area contributed by atoms with E-state index < -0.39 is 34.4 Å². The van der Waals surface area contributed by atoms with Crippen molar-refractivity contribution < 1.29 is 22.7 Å². The molecule has 27 heavy (non-hydrogen) atoms. The van der Waals surface area contributed by atoms with E-state index in [2.05, 4.69) is 0 Å². The number of carbonyl (C=O) groups excluding carboxylic acids is 1. The summed E-state index contributed by atoms with van der Waals surface area (Å²) in [6.07, 6.45) is -1.08. The molecule has 0 bridgehead atoms. The van der Waals surface area contributed by atoms with Crippen LogP contribution in [0.1, 0.15) is 18.1 Å². The fourth-order valence-corrected chi connectivity index (χ4v) is 4.99. The van der Waals surface area contributed by atoms with E-state index in [0.29, 0.717) is 6.42 Å². The van der Waals surface area contributed by atoms with Crippen molar-refractivity contribution in [3.8, 4) is 0 Å². The largest absolute Gasteiger partial charge is 0.468 e. The molecule has 0 saturated carbocycles. The zero-order chi connectivity index (χ0) is 19.6. The van der Waals surface area contributed by atoms with Gasteiger partial charge in [0, 0.05) is 6.42 Å². The van der Waals surface area contributed by atoms with Crippen LogP contribution in [-0.2, 0) is 30.7 Å². The van der Waals surface area contributed by atoms with E-state index in [0.717, 1.165) is 15.4 Å².